The molecule has 2 amide bonds. The second-order valence-electron chi connectivity index (χ2n) is 9.03. The molecule has 4 atom stereocenters. The molecule has 1 aromatic carbocycles. The highest BCUT2D eigenvalue weighted by atomic mass is 127. The van der Waals surface area contributed by atoms with Gasteiger partial charge in [0.05, 0.1) is 18.4 Å². The molecule has 4 rings (SSSR count). The number of amides is 2. The van der Waals surface area contributed by atoms with Gasteiger partial charge in [-0.2, -0.15) is 0 Å². The summed E-state index contributed by atoms with van der Waals surface area (Å²) in [4.78, 5) is 31.2. The molecule has 2 fully saturated rings. The van der Waals surface area contributed by atoms with Crippen LogP contribution in [0.4, 0.5) is 0 Å². The molecule has 1 saturated heterocycles. The maximum absolute atomic E-state index is 12.7. The fourth-order valence-corrected chi connectivity index (χ4v) is 4.84. The Balaban J connectivity index is 0.00000289. The summed E-state index contributed by atoms with van der Waals surface area (Å²) in [6.07, 6.45) is 5.20. The van der Waals surface area contributed by atoms with Crippen molar-refractivity contribution in [1.29, 1.82) is 0 Å². The standard InChI is InChI=1S/C24H32N4O3.HI/c1-15(2)14-31-19-8-4-16(5-9-19)13-27-24(25-3)26-10-11-28-22(29)20-17-6-7-18(12-17)21(20)23(28)30;/h4-9,15,17-18,20-21H,10-14H2,1-3H3,(H2,25,26,27);1H. The van der Waals surface area contributed by atoms with E-state index in [2.05, 4.69) is 41.6 Å². The summed E-state index contributed by atoms with van der Waals surface area (Å²) in [5.41, 5.74) is 1.11. The third kappa shape index (κ3) is 5.10. The molecule has 0 spiro atoms. The number of hydrogen-bond acceptors (Lipinski definition) is 4. The number of allylic oxidation sites excluding steroid dienone is 2. The molecule has 2 N–H and O–H groups in total. The van der Waals surface area contributed by atoms with Gasteiger partial charge in [0, 0.05) is 26.7 Å². The van der Waals surface area contributed by atoms with E-state index < -0.39 is 0 Å². The van der Waals surface area contributed by atoms with Gasteiger partial charge in [0.1, 0.15) is 5.75 Å². The molecule has 2 aliphatic carbocycles. The van der Waals surface area contributed by atoms with Crippen molar-refractivity contribution in [3.63, 3.8) is 0 Å². The molecule has 8 heteroatoms. The number of aliphatic imine (C=N–C) groups is 1. The smallest absolute Gasteiger partial charge is 0.233 e. The monoisotopic (exact) mass is 552 g/mol. The van der Waals surface area contributed by atoms with Crippen LogP contribution in [0.3, 0.4) is 0 Å². The molecule has 3 aliphatic rings. The number of nitrogens with zero attached hydrogens (tertiary/aromatic N) is 2. The summed E-state index contributed by atoms with van der Waals surface area (Å²) < 4.78 is 5.71. The zero-order valence-electron chi connectivity index (χ0n) is 18.9. The van der Waals surface area contributed by atoms with E-state index in [9.17, 15) is 9.59 Å². The summed E-state index contributed by atoms with van der Waals surface area (Å²) in [6, 6.07) is 8.00. The van der Waals surface area contributed by atoms with Crippen LogP contribution >= 0.6 is 24.0 Å². The van der Waals surface area contributed by atoms with Crippen LogP contribution in [0.1, 0.15) is 25.8 Å². The number of guanidine groups is 1. The summed E-state index contributed by atoms with van der Waals surface area (Å²) >= 11 is 0. The van der Waals surface area contributed by atoms with Crippen molar-refractivity contribution in [2.45, 2.75) is 26.8 Å². The van der Waals surface area contributed by atoms with Gasteiger partial charge in [-0.1, -0.05) is 38.1 Å². The largest absolute Gasteiger partial charge is 0.493 e. The van der Waals surface area contributed by atoms with Gasteiger partial charge < -0.3 is 15.4 Å². The number of likely N-dealkylation sites (tertiary alicyclic amines) is 1. The van der Waals surface area contributed by atoms with Gasteiger partial charge in [-0.3, -0.25) is 19.5 Å². The quantitative estimate of drug-likeness (QED) is 0.171. The van der Waals surface area contributed by atoms with Crippen molar-refractivity contribution < 1.29 is 14.3 Å². The molecule has 4 unspecified atom stereocenters. The van der Waals surface area contributed by atoms with Gasteiger partial charge in [0.25, 0.3) is 0 Å². The number of hydrogen-bond donors (Lipinski definition) is 2. The first kappa shape index (κ1) is 24.5. The Morgan fingerprint density at radius 1 is 1.09 bits per heavy atom. The Morgan fingerprint density at radius 3 is 2.28 bits per heavy atom. The first-order chi connectivity index (χ1) is 15.0. The first-order valence-electron chi connectivity index (χ1n) is 11.2. The molecule has 1 saturated carbocycles. The molecule has 7 nitrogen and oxygen atoms in total. The minimum absolute atomic E-state index is 0. The lowest BCUT2D eigenvalue weighted by Gasteiger charge is -2.18. The number of imide groups is 1. The van der Waals surface area contributed by atoms with Crippen LogP contribution in [0.5, 0.6) is 5.75 Å². The van der Waals surface area contributed by atoms with Crippen molar-refractivity contribution in [3.8, 4) is 5.75 Å². The highest BCUT2D eigenvalue weighted by Gasteiger charge is 2.58. The van der Waals surface area contributed by atoms with Crippen molar-refractivity contribution in [1.82, 2.24) is 15.5 Å². The Morgan fingerprint density at radius 2 is 1.72 bits per heavy atom. The number of benzene rings is 1. The number of carbonyl (C=O) groups excluding carboxylic acids is 2. The van der Waals surface area contributed by atoms with E-state index in [0.717, 1.165) is 17.7 Å². The van der Waals surface area contributed by atoms with Gasteiger partial charge >= 0.3 is 0 Å². The lowest BCUT2D eigenvalue weighted by Crippen LogP contribution is -2.43. The van der Waals surface area contributed by atoms with Gasteiger partial charge in [-0.25, -0.2) is 0 Å². The highest BCUT2D eigenvalue weighted by Crippen LogP contribution is 2.52. The Labute approximate surface area is 207 Å². The second kappa shape index (κ2) is 10.7. The minimum Gasteiger partial charge on any atom is -0.493 e. The summed E-state index contributed by atoms with van der Waals surface area (Å²) in [5.74, 6) is 2.23. The number of ether oxygens (including phenoxy) is 1. The Kier molecular flexibility index (Phi) is 8.19. The van der Waals surface area contributed by atoms with Crippen LogP contribution in [0.25, 0.3) is 0 Å². The number of carbonyl (C=O) groups is 2. The van der Waals surface area contributed by atoms with E-state index in [-0.39, 0.29) is 59.5 Å². The van der Waals surface area contributed by atoms with Crippen molar-refractivity contribution in [2.75, 3.05) is 26.7 Å². The van der Waals surface area contributed by atoms with Crippen LogP contribution in [-0.2, 0) is 16.1 Å². The second-order valence-corrected chi connectivity index (χ2v) is 9.03. The molecular formula is C24H33IN4O3. The van der Waals surface area contributed by atoms with Crippen molar-refractivity contribution in [3.05, 3.63) is 42.0 Å². The summed E-state index contributed by atoms with van der Waals surface area (Å²) in [7, 11) is 1.71. The molecule has 1 heterocycles. The average Bonchev–Trinajstić information content (AvgIpc) is 3.45. The van der Waals surface area contributed by atoms with Gasteiger partial charge in [0.15, 0.2) is 5.96 Å². The average molecular weight is 552 g/mol. The molecule has 1 aromatic rings. The van der Waals surface area contributed by atoms with Crippen molar-refractivity contribution in [2.24, 2.45) is 34.6 Å². The van der Waals surface area contributed by atoms with E-state index in [1.807, 2.05) is 24.3 Å². The van der Waals surface area contributed by atoms with E-state index in [1.54, 1.807) is 7.05 Å². The third-order valence-electron chi connectivity index (χ3n) is 6.38. The van der Waals surface area contributed by atoms with E-state index >= 15 is 0 Å². The van der Waals surface area contributed by atoms with E-state index in [0.29, 0.717) is 38.1 Å². The topological polar surface area (TPSA) is 83.0 Å². The van der Waals surface area contributed by atoms with Gasteiger partial charge in [0.2, 0.25) is 11.8 Å². The molecule has 1 aliphatic heterocycles. The van der Waals surface area contributed by atoms with Crippen molar-refractivity contribution >= 4 is 41.8 Å². The maximum Gasteiger partial charge on any atom is 0.233 e. The molecule has 32 heavy (non-hydrogen) atoms. The van der Waals surface area contributed by atoms with Gasteiger partial charge in [-0.15, -0.1) is 24.0 Å². The predicted molar refractivity (Wildman–Crippen MR) is 135 cm³/mol. The fraction of sp³-hybridized carbons (Fsp3) is 0.542. The summed E-state index contributed by atoms with van der Waals surface area (Å²) in [6.45, 7) is 6.41. The number of fused-ring (bicyclic) bond motifs is 5. The molecular weight excluding hydrogens is 519 g/mol. The normalized spacial score (nSPS) is 25.9. The lowest BCUT2D eigenvalue weighted by atomic mass is 9.85. The molecule has 0 radical (unpaired) electrons. The van der Waals surface area contributed by atoms with Crippen LogP contribution in [-0.4, -0.2) is 49.4 Å². The fourth-order valence-electron chi connectivity index (χ4n) is 4.84. The zero-order valence-corrected chi connectivity index (χ0v) is 21.2. The minimum atomic E-state index is -0.132. The third-order valence-corrected chi connectivity index (χ3v) is 6.38. The van der Waals surface area contributed by atoms with Crippen LogP contribution < -0.4 is 15.4 Å². The van der Waals surface area contributed by atoms with Crippen LogP contribution in [0, 0.1) is 29.6 Å². The predicted octanol–water partition coefficient (Wildman–Crippen LogP) is 2.81. The Hall–Kier alpha value is -2.10. The van der Waals surface area contributed by atoms with Crippen LogP contribution in [0.2, 0.25) is 0 Å². The summed E-state index contributed by atoms with van der Waals surface area (Å²) in [5, 5.41) is 6.47. The molecule has 0 aromatic heterocycles. The zero-order chi connectivity index (χ0) is 22.0. The Bertz CT molecular complexity index is 854. The number of nitrogens with one attached hydrogen (secondary N) is 2. The number of rotatable bonds is 8. The lowest BCUT2D eigenvalue weighted by molar-refractivity contribution is -0.140. The SMILES string of the molecule is CN=C(NCCN1C(=O)C2C3C=CC(C3)C2C1=O)NCc1ccc(OCC(C)C)cc1.I. The molecule has 2 bridgehead atoms. The van der Waals surface area contributed by atoms with Crippen LogP contribution in [0.15, 0.2) is 41.4 Å². The first-order valence-corrected chi connectivity index (χ1v) is 11.2. The number of halogens is 1. The van der Waals surface area contributed by atoms with Gasteiger partial charge in [-0.05, 0) is 41.9 Å². The maximum atomic E-state index is 12.7. The van der Waals surface area contributed by atoms with E-state index in [4.69, 9.17) is 4.74 Å². The molecule has 174 valence electrons. The van der Waals surface area contributed by atoms with E-state index in [1.165, 1.54) is 4.90 Å². The highest BCUT2D eigenvalue weighted by molar-refractivity contribution is 14.0.